The predicted octanol–water partition coefficient (Wildman–Crippen LogP) is 8.00. The van der Waals surface area contributed by atoms with Gasteiger partial charge in [-0.15, -0.1) is 0 Å². The van der Waals surface area contributed by atoms with Crippen LogP contribution in [0.3, 0.4) is 0 Å². The van der Waals surface area contributed by atoms with Crippen LogP contribution in [0.15, 0.2) is 52.1 Å². The van der Waals surface area contributed by atoms with Crippen molar-refractivity contribution >= 4 is 64.2 Å². The normalized spacial score (nSPS) is 11.0. The number of nitrogens with zero attached hydrogens (tertiary/aromatic N) is 3. The van der Waals surface area contributed by atoms with E-state index in [0.717, 1.165) is 5.69 Å². The Morgan fingerprint density at radius 1 is 1.03 bits per heavy atom. The number of hydrogen-bond acceptors (Lipinski definition) is 6. The molecule has 0 fully saturated rings. The summed E-state index contributed by atoms with van der Waals surface area (Å²) in [6.07, 6.45) is 3.59. The van der Waals surface area contributed by atoms with Gasteiger partial charge in [0, 0.05) is 25.6 Å². The summed E-state index contributed by atoms with van der Waals surface area (Å²) in [5.41, 5.74) is 1.41. The fourth-order valence-corrected chi connectivity index (χ4v) is 3.83. The van der Waals surface area contributed by atoms with Gasteiger partial charge in [-0.3, -0.25) is 0 Å². The molecule has 0 aliphatic rings. The van der Waals surface area contributed by atoms with Gasteiger partial charge in [0.05, 0.1) is 39.1 Å². The zero-order valence-electron chi connectivity index (χ0n) is 19.3. The van der Waals surface area contributed by atoms with E-state index in [1.165, 1.54) is 6.08 Å². The number of oxime groups is 1. The molecule has 12 heteroatoms. The highest BCUT2D eigenvalue weighted by atomic mass is 35.5. The van der Waals surface area contributed by atoms with Gasteiger partial charge in [0.15, 0.2) is 5.75 Å². The molecule has 36 heavy (non-hydrogen) atoms. The minimum absolute atomic E-state index is 0.111. The number of aryl methyl sites for hydroxylation is 2. The summed E-state index contributed by atoms with van der Waals surface area (Å²) in [6.45, 7) is 2.65. The van der Waals surface area contributed by atoms with Gasteiger partial charge in [0.2, 0.25) is 5.88 Å². The Bertz CT molecular complexity index is 1220. The maximum absolute atomic E-state index is 6.27. The van der Waals surface area contributed by atoms with Crippen LogP contribution in [0.25, 0.3) is 0 Å². The topological polar surface area (TPSA) is 67.1 Å². The lowest BCUT2D eigenvalue weighted by Gasteiger charge is -2.12. The minimum Gasteiger partial charge on any atom is -0.490 e. The van der Waals surface area contributed by atoms with Gasteiger partial charge in [-0.05, 0) is 25.1 Å². The first kappa shape index (κ1) is 28.3. The zero-order valence-corrected chi connectivity index (χ0v) is 23.1. The van der Waals surface area contributed by atoms with Crippen molar-refractivity contribution < 1.29 is 19.0 Å². The predicted molar refractivity (Wildman–Crippen MR) is 145 cm³/mol. The van der Waals surface area contributed by atoms with Gasteiger partial charge in [-0.25, -0.2) is 4.68 Å². The van der Waals surface area contributed by atoms with Crippen LogP contribution in [0.4, 0.5) is 0 Å². The maximum atomic E-state index is 6.27. The third-order valence-electron chi connectivity index (χ3n) is 4.60. The monoisotopic (exact) mass is 591 g/mol. The van der Waals surface area contributed by atoms with Crippen molar-refractivity contribution in [3.8, 4) is 23.1 Å². The van der Waals surface area contributed by atoms with Crippen LogP contribution in [0.1, 0.15) is 17.7 Å². The van der Waals surface area contributed by atoms with Crippen molar-refractivity contribution in [3.05, 3.63) is 73.3 Å². The molecule has 1 heterocycles. The van der Waals surface area contributed by atoms with Crippen molar-refractivity contribution in [3.63, 3.8) is 0 Å². The fraction of sp³-hybridized carbons (Fsp3) is 0.250. The number of rotatable bonds is 12. The average molecular weight is 594 g/mol. The number of halogens is 5. The standard InChI is InChI=1S/C24H22Cl5N3O4/c1-15-17(24(32(2)31-15)36-21-7-4-3-6-18(21)25)14-30-35-10-5-9-34-23-19(26)12-16(13-20(23)27)33-11-8-22(28)29/h3-4,6-8,12-14H,5,9-11H2,1-2H3/b30-14+. The van der Waals surface area contributed by atoms with E-state index < -0.39 is 0 Å². The summed E-state index contributed by atoms with van der Waals surface area (Å²) in [5, 5.41) is 9.53. The highest BCUT2D eigenvalue weighted by molar-refractivity contribution is 6.55. The van der Waals surface area contributed by atoms with Crippen LogP contribution in [0.5, 0.6) is 23.1 Å². The molecule has 0 saturated carbocycles. The van der Waals surface area contributed by atoms with E-state index in [4.69, 9.17) is 77.1 Å². The van der Waals surface area contributed by atoms with Gasteiger partial charge >= 0.3 is 0 Å². The Morgan fingerprint density at radius 2 is 1.75 bits per heavy atom. The average Bonchev–Trinajstić information content (AvgIpc) is 3.08. The van der Waals surface area contributed by atoms with E-state index in [-0.39, 0.29) is 11.1 Å². The van der Waals surface area contributed by atoms with E-state index in [1.807, 2.05) is 19.1 Å². The molecule has 3 rings (SSSR count). The summed E-state index contributed by atoms with van der Waals surface area (Å²) in [5.74, 6) is 1.83. The van der Waals surface area contributed by atoms with Crippen molar-refractivity contribution in [1.82, 2.24) is 9.78 Å². The van der Waals surface area contributed by atoms with Gasteiger partial charge in [-0.1, -0.05) is 75.3 Å². The second-order valence-electron chi connectivity index (χ2n) is 7.25. The third kappa shape index (κ3) is 8.11. The highest BCUT2D eigenvalue weighted by Crippen LogP contribution is 2.37. The summed E-state index contributed by atoms with van der Waals surface area (Å²) in [7, 11) is 1.77. The first-order valence-electron chi connectivity index (χ1n) is 10.6. The Kier molecular flexibility index (Phi) is 10.9. The molecule has 0 aliphatic carbocycles. The van der Waals surface area contributed by atoms with Crippen LogP contribution >= 0.6 is 58.0 Å². The molecule has 0 saturated heterocycles. The molecule has 0 unspecified atom stereocenters. The number of para-hydroxylation sites is 1. The number of ether oxygens (including phenoxy) is 3. The Hall–Kier alpha value is -2.29. The fourth-order valence-electron chi connectivity index (χ4n) is 2.95. The molecule has 0 spiro atoms. The quantitative estimate of drug-likeness (QED) is 0.121. The molecule has 0 amide bonds. The maximum Gasteiger partial charge on any atom is 0.226 e. The zero-order chi connectivity index (χ0) is 26.1. The lowest BCUT2D eigenvalue weighted by molar-refractivity contribution is 0.129. The molecular formula is C24H22Cl5N3O4. The van der Waals surface area contributed by atoms with Crippen molar-refractivity contribution in [2.24, 2.45) is 12.2 Å². The van der Waals surface area contributed by atoms with Gasteiger partial charge in [0.1, 0.15) is 29.2 Å². The van der Waals surface area contributed by atoms with Gasteiger partial charge in [-0.2, -0.15) is 5.10 Å². The van der Waals surface area contributed by atoms with Gasteiger partial charge < -0.3 is 19.0 Å². The molecule has 3 aromatic rings. The van der Waals surface area contributed by atoms with Crippen LogP contribution in [-0.4, -0.2) is 35.8 Å². The van der Waals surface area contributed by atoms with Gasteiger partial charge in [0.25, 0.3) is 0 Å². The number of benzene rings is 2. The van der Waals surface area contributed by atoms with Crippen LogP contribution in [-0.2, 0) is 11.9 Å². The van der Waals surface area contributed by atoms with E-state index in [0.29, 0.717) is 63.4 Å². The summed E-state index contributed by atoms with van der Waals surface area (Å²) >= 11 is 29.9. The summed E-state index contributed by atoms with van der Waals surface area (Å²) in [4.78, 5) is 5.37. The van der Waals surface area contributed by atoms with Crippen LogP contribution in [0, 0.1) is 6.92 Å². The molecule has 2 aromatic carbocycles. The highest BCUT2D eigenvalue weighted by Gasteiger charge is 2.15. The molecule has 1 aromatic heterocycles. The molecule has 0 bridgehead atoms. The Labute approximate surface area is 234 Å². The van der Waals surface area contributed by atoms with E-state index in [1.54, 1.807) is 42.2 Å². The van der Waals surface area contributed by atoms with Crippen molar-refractivity contribution in [1.29, 1.82) is 0 Å². The number of aromatic nitrogens is 2. The molecule has 0 N–H and O–H groups in total. The number of hydrogen-bond donors (Lipinski definition) is 0. The van der Waals surface area contributed by atoms with Crippen LogP contribution in [0.2, 0.25) is 15.1 Å². The second kappa shape index (κ2) is 13.9. The molecule has 0 aliphatic heterocycles. The first-order valence-corrected chi connectivity index (χ1v) is 12.5. The SMILES string of the molecule is Cc1nn(C)c(Oc2ccccc2Cl)c1/C=N/OCCCOc1c(Cl)cc(OCC=C(Cl)Cl)cc1Cl. The second-order valence-corrected chi connectivity index (χ2v) is 9.48. The van der Waals surface area contributed by atoms with Crippen molar-refractivity contribution in [2.75, 3.05) is 19.8 Å². The molecule has 7 nitrogen and oxygen atoms in total. The van der Waals surface area contributed by atoms with Crippen LogP contribution < -0.4 is 14.2 Å². The van der Waals surface area contributed by atoms with Crippen molar-refractivity contribution in [2.45, 2.75) is 13.3 Å². The molecule has 192 valence electrons. The lowest BCUT2D eigenvalue weighted by Crippen LogP contribution is -2.03. The molecule has 0 radical (unpaired) electrons. The third-order valence-corrected chi connectivity index (χ3v) is 5.78. The largest absolute Gasteiger partial charge is 0.490 e. The minimum atomic E-state index is 0.111. The Balaban J connectivity index is 1.49. The Morgan fingerprint density at radius 3 is 2.44 bits per heavy atom. The molecule has 0 atom stereocenters. The first-order chi connectivity index (χ1) is 17.3. The smallest absolute Gasteiger partial charge is 0.226 e. The summed E-state index contributed by atoms with van der Waals surface area (Å²) < 4.78 is 18.8. The lowest BCUT2D eigenvalue weighted by atomic mass is 10.3. The van der Waals surface area contributed by atoms with E-state index in [9.17, 15) is 0 Å². The summed E-state index contributed by atoms with van der Waals surface area (Å²) in [6, 6.07) is 10.4. The van der Waals surface area contributed by atoms with E-state index >= 15 is 0 Å². The van der Waals surface area contributed by atoms with E-state index in [2.05, 4.69) is 10.3 Å². The molecular weight excluding hydrogens is 572 g/mol.